The Hall–Kier alpha value is -4.64. The molecule has 1 fully saturated rings. The summed E-state index contributed by atoms with van der Waals surface area (Å²) in [6.45, 7) is -1.47. The van der Waals surface area contributed by atoms with Gasteiger partial charge >= 0.3 is 12.0 Å². The van der Waals surface area contributed by atoms with Crippen molar-refractivity contribution in [2.24, 2.45) is 0 Å². The van der Waals surface area contributed by atoms with Crippen molar-refractivity contribution in [1.82, 2.24) is 4.90 Å². The van der Waals surface area contributed by atoms with Gasteiger partial charge in [-0.15, -0.1) is 0 Å². The summed E-state index contributed by atoms with van der Waals surface area (Å²) in [6, 6.07) is 16.8. The molecular weight excluding hydrogens is 533 g/mol. The van der Waals surface area contributed by atoms with Crippen molar-refractivity contribution >= 4 is 29.2 Å². The topological polar surface area (TPSA) is 115 Å². The number of hydrogen-bond donors (Lipinski definition) is 2. The summed E-state index contributed by atoms with van der Waals surface area (Å²) < 4.78 is 35.9. The number of hydrogen-bond acceptors (Lipinski definition) is 8. The summed E-state index contributed by atoms with van der Waals surface area (Å²) in [5.74, 6) is 0.449. The van der Waals surface area contributed by atoms with Crippen LogP contribution >= 0.6 is 0 Å². The van der Waals surface area contributed by atoms with E-state index in [1.54, 1.807) is 42.5 Å². The van der Waals surface area contributed by atoms with E-state index < -0.39 is 24.5 Å². The molecular formula is C30H32FN3O7. The number of ketones is 1. The van der Waals surface area contributed by atoms with E-state index in [-0.39, 0.29) is 18.0 Å². The van der Waals surface area contributed by atoms with Gasteiger partial charge in [0.25, 0.3) is 6.48 Å². The van der Waals surface area contributed by atoms with Crippen LogP contribution in [0, 0.1) is 0 Å². The van der Waals surface area contributed by atoms with Crippen molar-refractivity contribution in [2.75, 3.05) is 38.5 Å². The molecule has 0 saturated carbocycles. The molecule has 11 heteroatoms. The summed E-state index contributed by atoms with van der Waals surface area (Å²) in [4.78, 5) is 38.8. The largest absolute Gasteiger partial charge is 0.495 e. The summed E-state index contributed by atoms with van der Waals surface area (Å²) in [5.41, 5.74) is 1.89. The van der Waals surface area contributed by atoms with E-state index in [4.69, 9.17) is 14.2 Å². The molecule has 0 spiro atoms. The Morgan fingerprint density at radius 1 is 0.927 bits per heavy atom. The highest BCUT2D eigenvalue weighted by molar-refractivity contribution is 6.01. The molecule has 3 aromatic rings. The third-order valence-corrected chi connectivity index (χ3v) is 6.68. The lowest BCUT2D eigenvalue weighted by atomic mass is 10.0. The van der Waals surface area contributed by atoms with E-state index >= 15 is 4.39 Å². The van der Waals surface area contributed by atoms with Crippen molar-refractivity contribution in [3.8, 4) is 17.2 Å². The molecule has 10 nitrogen and oxygen atoms in total. The molecule has 1 saturated heterocycles. The molecule has 4 rings (SSSR count). The summed E-state index contributed by atoms with van der Waals surface area (Å²) in [6.07, 6.45) is 1.20. The first kappa shape index (κ1) is 29.3. The third kappa shape index (κ3) is 7.31. The number of rotatable bonds is 11. The predicted octanol–water partition coefficient (Wildman–Crippen LogP) is 5.04. The van der Waals surface area contributed by atoms with Crippen molar-refractivity contribution in [3.63, 3.8) is 0 Å². The maximum atomic E-state index is 15.2. The molecule has 1 heterocycles. The first-order valence-corrected chi connectivity index (χ1v) is 13.0. The Kier molecular flexibility index (Phi) is 9.75. The number of esters is 1. The zero-order valence-electron chi connectivity index (χ0n) is 23.0. The number of halogens is 1. The molecule has 2 atom stereocenters. The molecule has 0 unspecified atom stereocenters. The number of carbonyl (C=O) groups excluding carboxylic acids is 3. The quantitative estimate of drug-likeness (QED) is 0.245. The number of anilines is 2. The zero-order valence-corrected chi connectivity index (χ0v) is 23.0. The van der Waals surface area contributed by atoms with E-state index in [1.165, 1.54) is 50.5 Å². The van der Waals surface area contributed by atoms with Gasteiger partial charge in [-0.05, 0) is 66.9 Å². The van der Waals surface area contributed by atoms with E-state index in [0.717, 1.165) is 0 Å². The van der Waals surface area contributed by atoms with Gasteiger partial charge in [-0.2, -0.15) is 4.39 Å². The minimum atomic E-state index is -1.83. The van der Waals surface area contributed by atoms with Crippen LogP contribution < -0.4 is 24.8 Å². The van der Waals surface area contributed by atoms with Gasteiger partial charge in [0.1, 0.15) is 17.2 Å². The highest BCUT2D eigenvalue weighted by atomic mass is 19.1. The number of para-hydroxylation sites is 2. The number of methoxy groups -OCH3 is 3. The van der Waals surface area contributed by atoms with E-state index in [2.05, 4.69) is 15.4 Å². The van der Waals surface area contributed by atoms with Gasteiger partial charge in [0, 0.05) is 13.0 Å². The average Bonchev–Trinajstić information content (AvgIpc) is 3.49. The number of nitrogens with one attached hydrogen (secondary N) is 2. The second-order valence-corrected chi connectivity index (χ2v) is 9.28. The van der Waals surface area contributed by atoms with Gasteiger partial charge in [-0.1, -0.05) is 18.2 Å². The Labute approximate surface area is 237 Å². The number of likely N-dealkylation sites (tertiary alicyclic amines) is 1. The molecule has 3 aromatic carbocycles. The molecule has 1 aliphatic rings. The molecule has 0 radical (unpaired) electrons. The Morgan fingerprint density at radius 2 is 1.61 bits per heavy atom. The SMILES string of the molecule is COC(=O)c1ccc(O[C@@H](F)N2CCC[C@H]2C(=O)Cc2ccc(NC(=O)Nc3ccccc3OC)c(OC)c2)cc1. The maximum absolute atomic E-state index is 15.2. The van der Waals surface area contributed by atoms with Crippen LogP contribution in [0.1, 0.15) is 28.8 Å². The molecule has 216 valence electrons. The van der Waals surface area contributed by atoms with Crippen molar-refractivity contribution in [2.45, 2.75) is 31.8 Å². The van der Waals surface area contributed by atoms with E-state index in [9.17, 15) is 14.4 Å². The molecule has 2 N–H and O–H groups in total. The van der Waals surface area contributed by atoms with Crippen LogP contribution in [0.3, 0.4) is 0 Å². The van der Waals surface area contributed by atoms with Gasteiger partial charge in [0.05, 0.1) is 44.3 Å². The monoisotopic (exact) mass is 565 g/mol. The number of nitrogens with zero attached hydrogens (tertiary/aromatic N) is 1. The predicted molar refractivity (Wildman–Crippen MR) is 150 cm³/mol. The fraction of sp³-hybridized carbons (Fsp3) is 0.300. The lowest BCUT2D eigenvalue weighted by Crippen LogP contribution is -2.44. The number of carbonyl (C=O) groups is 3. The normalized spacial score (nSPS) is 15.5. The van der Waals surface area contributed by atoms with Gasteiger partial charge in [-0.3, -0.25) is 4.79 Å². The first-order chi connectivity index (χ1) is 19.8. The van der Waals surface area contributed by atoms with Gasteiger partial charge in [-0.25, -0.2) is 14.5 Å². The lowest BCUT2D eigenvalue weighted by molar-refractivity contribution is -0.133. The first-order valence-electron chi connectivity index (χ1n) is 13.0. The lowest BCUT2D eigenvalue weighted by Gasteiger charge is -2.27. The number of ether oxygens (including phenoxy) is 4. The van der Waals surface area contributed by atoms with E-state index in [0.29, 0.717) is 53.4 Å². The van der Waals surface area contributed by atoms with Crippen LogP contribution in [-0.4, -0.2) is 63.1 Å². The molecule has 0 aromatic heterocycles. The van der Waals surface area contributed by atoms with Gasteiger partial charge in [0.15, 0.2) is 5.78 Å². The molecule has 1 aliphatic heterocycles. The van der Waals surface area contributed by atoms with Crippen LogP contribution in [0.15, 0.2) is 66.7 Å². The number of Topliss-reactive ketones (excluding diaryl/α,β-unsaturated/α-hetero) is 1. The Morgan fingerprint density at radius 3 is 2.29 bits per heavy atom. The summed E-state index contributed by atoms with van der Waals surface area (Å²) in [7, 11) is 4.25. The number of benzene rings is 3. The molecule has 41 heavy (non-hydrogen) atoms. The average molecular weight is 566 g/mol. The summed E-state index contributed by atoms with van der Waals surface area (Å²) >= 11 is 0. The van der Waals surface area contributed by atoms with Crippen molar-refractivity contribution in [3.05, 3.63) is 77.9 Å². The highest BCUT2D eigenvalue weighted by Gasteiger charge is 2.36. The van der Waals surface area contributed by atoms with Gasteiger partial charge < -0.3 is 29.6 Å². The fourth-order valence-corrected chi connectivity index (χ4v) is 4.64. The minimum absolute atomic E-state index is 0.0474. The van der Waals surface area contributed by atoms with Crippen LogP contribution in [0.4, 0.5) is 20.6 Å². The Bertz CT molecular complexity index is 1380. The van der Waals surface area contributed by atoms with Gasteiger partial charge in [0.2, 0.25) is 0 Å². The molecule has 0 bridgehead atoms. The number of urea groups is 1. The summed E-state index contributed by atoms with van der Waals surface area (Å²) in [5, 5.41) is 5.47. The standard InChI is InChI=1S/C30H32FN3O7/c1-38-26-9-5-4-7-22(26)32-30(37)33-23-15-10-19(18-27(23)39-2)17-25(35)24-8-6-16-34(24)29(31)41-21-13-11-20(12-14-21)28(36)40-3/h4-5,7,9-15,18,24,29H,6,8,16-17H2,1-3H3,(H2,32,33,37)/t24-,29-/m0/s1. The smallest absolute Gasteiger partial charge is 0.337 e. The third-order valence-electron chi connectivity index (χ3n) is 6.68. The second kappa shape index (κ2) is 13.6. The minimum Gasteiger partial charge on any atom is -0.495 e. The zero-order chi connectivity index (χ0) is 29.4. The van der Waals surface area contributed by atoms with Crippen LogP contribution in [-0.2, 0) is 16.0 Å². The number of alkyl halides is 1. The Balaban J connectivity index is 1.37. The second-order valence-electron chi connectivity index (χ2n) is 9.28. The van der Waals surface area contributed by atoms with E-state index in [1.807, 2.05) is 0 Å². The van der Waals surface area contributed by atoms with Crippen molar-refractivity contribution in [1.29, 1.82) is 0 Å². The van der Waals surface area contributed by atoms with Crippen LogP contribution in [0.5, 0.6) is 17.2 Å². The van der Waals surface area contributed by atoms with Crippen molar-refractivity contribution < 1.29 is 37.7 Å². The molecule has 0 aliphatic carbocycles. The van der Waals surface area contributed by atoms with Crippen LogP contribution in [0.25, 0.3) is 0 Å². The fourth-order valence-electron chi connectivity index (χ4n) is 4.64. The maximum Gasteiger partial charge on any atom is 0.337 e. The molecule has 2 amide bonds. The number of amides is 2. The van der Waals surface area contributed by atoms with Crippen LogP contribution in [0.2, 0.25) is 0 Å². The highest BCUT2D eigenvalue weighted by Crippen LogP contribution is 2.29.